The second-order valence-electron chi connectivity index (χ2n) is 4.55. The molecule has 9 heteroatoms. The number of nitrogens with zero attached hydrogens (tertiary/aromatic N) is 3. The van der Waals surface area contributed by atoms with Crippen LogP contribution in [0.1, 0.15) is 0 Å². The molecule has 0 saturated heterocycles. The lowest BCUT2D eigenvalue weighted by atomic mass is 10.1. The highest BCUT2D eigenvalue weighted by Crippen LogP contribution is 2.31. The first-order chi connectivity index (χ1) is 10.4. The third-order valence-corrected chi connectivity index (χ3v) is 5.11. The van der Waals surface area contributed by atoms with E-state index < -0.39 is 10.0 Å². The molecule has 0 spiro atoms. The van der Waals surface area contributed by atoms with Gasteiger partial charge in [-0.15, -0.1) is 0 Å². The largest absolute Gasteiger partial charge is 0.264 e. The Morgan fingerprint density at radius 3 is 2.41 bits per heavy atom. The number of hydrogen-bond acceptors (Lipinski definition) is 4. The standard InChI is InChI=1S/C13H10Cl2N4O2S/c1-19-13(16-7-17-19)18-22(20,21)8-2-3-9-10(6-8)12(15)5-4-11(9)14/h2-7H,1H3,(H,16,17,18). The van der Waals surface area contributed by atoms with Gasteiger partial charge in [0.25, 0.3) is 10.0 Å². The molecule has 0 radical (unpaired) electrons. The first kappa shape index (κ1) is 15.1. The van der Waals surface area contributed by atoms with Gasteiger partial charge in [-0.25, -0.2) is 17.8 Å². The predicted octanol–water partition coefficient (Wildman–Crippen LogP) is 3.08. The highest BCUT2D eigenvalue weighted by Gasteiger charge is 2.18. The number of aromatic nitrogens is 3. The number of fused-ring (bicyclic) bond motifs is 1. The van der Waals surface area contributed by atoms with Crippen molar-refractivity contribution in [2.45, 2.75) is 4.90 Å². The number of benzene rings is 2. The molecule has 0 fully saturated rings. The Hall–Kier alpha value is -1.83. The molecule has 22 heavy (non-hydrogen) atoms. The topological polar surface area (TPSA) is 76.9 Å². The first-order valence-corrected chi connectivity index (χ1v) is 8.37. The quantitative estimate of drug-likeness (QED) is 0.782. The van der Waals surface area contributed by atoms with Crippen LogP contribution in [-0.4, -0.2) is 23.2 Å². The number of halogens is 2. The Labute approximate surface area is 136 Å². The third kappa shape index (κ3) is 2.63. The van der Waals surface area contributed by atoms with E-state index in [9.17, 15) is 8.42 Å². The average molecular weight is 357 g/mol. The Morgan fingerprint density at radius 1 is 1.09 bits per heavy atom. The van der Waals surface area contributed by atoms with Gasteiger partial charge < -0.3 is 0 Å². The molecule has 0 aliphatic heterocycles. The number of rotatable bonds is 3. The molecule has 1 heterocycles. The third-order valence-electron chi connectivity index (χ3n) is 3.13. The maximum atomic E-state index is 12.4. The Morgan fingerprint density at radius 2 is 1.77 bits per heavy atom. The van der Waals surface area contributed by atoms with Crippen LogP contribution in [0.15, 0.2) is 41.6 Å². The summed E-state index contributed by atoms with van der Waals surface area (Å²) in [6.07, 6.45) is 1.26. The monoisotopic (exact) mass is 356 g/mol. The molecule has 0 amide bonds. The van der Waals surface area contributed by atoms with Crippen molar-refractivity contribution in [1.29, 1.82) is 0 Å². The van der Waals surface area contributed by atoms with Gasteiger partial charge in [-0.1, -0.05) is 29.3 Å². The number of sulfonamides is 1. The molecule has 3 rings (SSSR count). The second kappa shape index (κ2) is 5.42. The van der Waals surface area contributed by atoms with E-state index in [4.69, 9.17) is 23.2 Å². The molecule has 1 aromatic heterocycles. The number of nitrogens with one attached hydrogen (secondary N) is 1. The number of hydrogen-bond donors (Lipinski definition) is 1. The van der Waals surface area contributed by atoms with Crippen molar-refractivity contribution in [1.82, 2.24) is 14.8 Å². The molecule has 0 bridgehead atoms. The van der Waals surface area contributed by atoms with Crippen LogP contribution in [0.25, 0.3) is 10.8 Å². The number of anilines is 1. The van der Waals surface area contributed by atoms with E-state index in [1.54, 1.807) is 25.2 Å². The fraction of sp³-hybridized carbons (Fsp3) is 0.0769. The average Bonchev–Trinajstić information content (AvgIpc) is 2.87. The van der Waals surface area contributed by atoms with Crippen LogP contribution in [0.3, 0.4) is 0 Å². The molecule has 1 N–H and O–H groups in total. The predicted molar refractivity (Wildman–Crippen MR) is 85.8 cm³/mol. The van der Waals surface area contributed by atoms with Crippen LogP contribution in [-0.2, 0) is 17.1 Å². The van der Waals surface area contributed by atoms with E-state index in [1.807, 2.05) is 0 Å². The zero-order valence-corrected chi connectivity index (χ0v) is 13.6. The summed E-state index contributed by atoms with van der Waals surface area (Å²) in [6.45, 7) is 0. The van der Waals surface area contributed by atoms with Gasteiger partial charge in [0.05, 0.1) is 4.90 Å². The van der Waals surface area contributed by atoms with Gasteiger partial charge >= 0.3 is 0 Å². The molecule has 6 nitrogen and oxygen atoms in total. The van der Waals surface area contributed by atoms with Gasteiger partial charge in [-0.2, -0.15) is 10.1 Å². The van der Waals surface area contributed by atoms with Gasteiger partial charge in [0.1, 0.15) is 6.33 Å². The van der Waals surface area contributed by atoms with Gasteiger partial charge in [0.2, 0.25) is 5.95 Å². The second-order valence-corrected chi connectivity index (χ2v) is 7.05. The molecular weight excluding hydrogens is 347 g/mol. The smallest absolute Gasteiger partial charge is 0.247 e. The lowest BCUT2D eigenvalue weighted by molar-refractivity contribution is 0.600. The highest BCUT2D eigenvalue weighted by molar-refractivity contribution is 7.92. The van der Waals surface area contributed by atoms with Crippen LogP contribution in [0.2, 0.25) is 10.0 Å². The van der Waals surface area contributed by atoms with Crippen LogP contribution in [0, 0.1) is 0 Å². The Bertz CT molecular complexity index is 969. The van der Waals surface area contributed by atoms with Gasteiger partial charge in [0, 0.05) is 27.9 Å². The van der Waals surface area contributed by atoms with E-state index in [1.165, 1.54) is 23.1 Å². The molecule has 114 valence electrons. The van der Waals surface area contributed by atoms with Crippen LogP contribution in [0.4, 0.5) is 5.95 Å². The van der Waals surface area contributed by atoms with E-state index in [2.05, 4.69) is 14.8 Å². The van der Waals surface area contributed by atoms with Crippen molar-refractivity contribution in [3.63, 3.8) is 0 Å². The molecule has 0 aliphatic carbocycles. The minimum absolute atomic E-state index is 0.0622. The summed E-state index contributed by atoms with van der Waals surface area (Å²) in [5, 5.41) is 5.99. The van der Waals surface area contributed by atoms with E-state index in [-0.39, 0.29) is 10.8 Å². The van der Waals surface area contributed by atoms with Crippen molar-refractivity contribution in [3.8, 4) is 0 Å². The first-order valence-electron chi connectivity index (χ1n) is 6.13. The summed E-state index contributed by atoms with van der Waals surface area (Å²) in [7, 11) is -2.22. The van der Waals surface area contributed by atoms with E-state index in [0.717, 1.165) is 0 Å². The van der Waals surface area contributed by atoms with E-state index in [0.29, 0.717) is 20.8 Å². The van der Waals surface area contributed by atoms with Crippen molar-refractivity contribution < 1.29 is 8.42 Å². The summed E-state index contributed by atoms with van der Waals surface area (Å²) in [5.41, 5.74) is 0. The number of aryl methyl sites for hydroxylation is 1. The van der Waals surface area contributed by atoms with Crippen molar-refractivity contribution in [2.24, 2.45) is 7.05 Å². The zero-order valence-electron chi connectivity index (χ0n) is 11.3. The summed E-state index contributed by atoms with van der Waals surface area (Å²) >= 11 is 12.2. The molecule has 0 aliphatic rings. The molecule has 3 aromatic rings. The highest BCUT2D eigenvalue weighted by atomic mass is 35.5. The van der Waals surface area contributed by atoms with Crippen molar-refractivity contribution >= 4 is 49.9 Å². The normalized spacial score (nSPS) is 11.8. The Kier molecular flexibility index (Phi) is 3.72. The maximum absolute atomic E-state index is 12.4. The SMILES string of the molecule is Cn1ncnc1NS(=O)(=O)c1ccc2c(Cl)ccc(Cl)c2c1. The minimum Gasteiger partial charge on any atom is -0.247 e. The van der Waals surface area contributed by atoms with Gasteiger partial charge in [-0.3, -0.25) is 0 Å². The summed E-state index contributed by atoms with van der Waals surface area (Å²) < 4.78 is 28.5. The molecule has 0 unspecified atom stereocenters. The molecule has 2 aromatic carbocycles. The minimum atomic E-state index is -3.80. The fourth-order valence-corrected chi connectivity index (χ4v) is 3.50. The fourth-order valence-electron chi connectivity index (χ4n) is 1.99. The summed E-state index contributed by atoms with van der Waals surface area (Å²) in [4.78, 5) is 3.90. The van der Waals surface area contributed by atoms with Crippen molar-refractivity contribution in [3.05, 3.63) is 46.7 Å². The molecule has 0 saturated carbocycles. The van der Waals surface area contributed by atoms with Gasteiger partial charge in [-0.05, 0) is 24.3 Å². The van der Waals surface area contributed by atoms with Crippen molar-refractivity contribution in [2.75, 3.05) is 4.72 Å². The molecular formula is C13H10Cl2N4O2S. The Balaban J connectivity index is 2.10. The van der Waals surface area contributed by atoms with Crippen LogP contribution in [0.5, 0.6) is 0 Å². The lowest BCUT2D eigenvalue weighted by Crippen LogP contribution is -2.16. The zero-order chi connectivity index (χ0) is 15.9. The van der Waals surface area contributed by atoms with Crippen LogP contribution >= 0.6 is 23.2 Å². The van der Waals surface area contributed by atoms with Crippen LogP contribution < -0.4 is 4.72 Å². The lowest BCUT2D eigenvalue weighted by Gasteiger charge is -2.09. The maximum Gasteiger partial charge on any atom is 0.264 e. The summed E-state index contributed by atoms with van der Waals surface area (Å²) in [5.74, 6) is 0.122. The molecule has 0 atom stereocenters. The summed E-state index contributed by atoms with van der Waals surface area (Å²) in [6, 6.07) is 7.84. The van der Waals surface area contributed by atoms with E-state index >= 15 is 0 Å². The van der Waals surface area contributed by atoms with Gasteiger partial charge in [0.15, 0.2) is 0 Å².